The van der Waals surface area contributed by atoms with Gasteiger partial charge >= 0.3 is 6.09 Å². The van der Waals surface area contributed by atoms with Gasteiger partial charge in [-0.15, -0.1) is 0 Å². The standard InChI is InChI=1S/C14H10IN3O3/c15-13-16-11-10(12(19)17-13)6-7-18(11)14(20)21-8-9-4-2-1-3-5-9/h1-7H,8H2,(H,16,17,19). The Morgan fingerprint density at radius 3 is 2.81 bits per heavy atom. The third-order valence-electron chi connectivity index (χ3n) is 2.93. The molecule has 0 aliphatic carbocycles. The zero-order valence-corrected chi connectivity index (χ0v) is 12.9. The van der Waals surface area contributed by atoms with Crippen molar-refractivity contribution in [3.8, 4) is 0 Å². The van der Waals surface area contributed by atoms with Crippen molar-refractivity contribution >= 4 is 39.7 Å². The monoisotopic (exact) mass is 395 g/mol. The van der Waals surface area contributed by atoms with Crippen molar-refractivity contribution in [3.05, 3.63) is 62.3 Å². The highest BCUT2D eigenvalue weighted by Gasteiger charge is 2.14. The average Bonchev–Trinajstić information content (AvgIpc) is 2.90. The number of benzene rings is 1. The van der Waals surface area contributed by atoms with E-state index in [1.54, 1.807) is 6.07 Å². The highest BCUT2D eigenvalue weighted by atomic mass is 127. The second-order valence-corrected chi connectivity index (χ2v) is 5.34. The summed E-state index contributed by atoms with van der Waals surface area (Å²) in [7, 11) is 0. The van der Waals surface area contributed by atoms with Crippen LogP contribution < -0.4 is 5.56 Å². The molecule has 0 aliphatic rings. The first kappa shape index (κ1) is 13.8. The number of carbonyl (C=O) groups is 1. The molecule has 0 unspecified atom stereocenters. The molecule has 6 nitrogen and oxygen atoms in total. The predicted molar refractivity (Wildman–Crippen MR) is 85.1 cm³/mol. The summed E-state index contributed by atoms with van der Waals surface area (Å²) in [6.45, 7) is 0.166. The Balaban J connectivity index is 1.87. The van der Waals surface area contributed by atoms with Crippen LogP contribution >= 0.6 is 22.6 Å². The third kappa shape index (κ3) is 2.82. The molecule has 0 saturated heterocycles. The van der Waals surface area contributed by atoms with Gasteiger partial charge in [-0.05, 0) is 34.2 Å². The van der Waals surface area contributed by atoms with E-state index in [2.05, 4.69) is 9.97 Å². The number of hydrogen-bond acceptors (Lipinski definition) is 4. The molecular formula is C14H10IN3O3. The van der Waals surface area contributed by atoms with Gasteiger partial charge in [0.1, 0.15) is 6.61 Å². The topological polar surface area (TPSA) is 77.0 Å². The Bertz CT molecular complexity index is 855. The number of halogens is 1. The van der Waals surface area contributed by atoms with Crippen molar-refractivity contribution < 1.29 is 9.53 Å². The molecule has 0 radical (unpaired) electrons. The molecule has 0 aliphatic heterocycles. The van der Waals surface area contributed by atoms with Crippen LogP contribution in [-0.2, 0) is 11.3 Å². The lowest BCUT2D eigenvalue weighted by Gasteiger charge is -2.06. The fraction of sp³-hybridized carbons (Fsp3) is 0.0714. The Hall–Kier alpha value is -2.16. The SMILES string of the molecule is O=C(OCc1ccccc1)n1ccc2c(=O)[nH]c(I)nc21. The molecule has 106 valence electrons. The van der Waals surface area contributed by atoms with Crippen LogP contribution in [0.15, 0.2) is 47.4 Å². The molecule has 0 saturated carbocycles. The van der Waals surface area contributed by atoms with Crippen molar-refractivity contribution in [3.63, 3.8) is 0 Å². The highest BCUT2D eigenvalue weighted by Crippen LogP contribution is 2.11. The largest absolute Gasteiger partial charge is 0.444 e. The van der Waals surface area contributed by atoms with E-state index in [0.717, 1.165) is 5.56 Å². The van der Waals surface area contributed by atoms with Gasteiger partial charge in [0.25, 0.3) is 5.56 Å². The third-order valence-corrected chi connectivity index (χ3v) is 3.44. The molecule has 7 heteroatoms. The summed E-state index contributed by atoms with van der Waals surface area (Å²) in [5.41, 5.74) is 0.905. The van der Waals surface area contributed by atoms with Gasteiger partial charge in [-0.1, -0.05) is 30.3 Å². The molecule has 0 bridgehead atoms. The first-order valence-electron chi connectivity index (χ1n) is 6.13. The highest BCUT2D eigenvalue weighted by molar-refractivity contribution is 14.1. The first-order valence-corrected chi connectivity index (χ1v) is 7.21. The smallest absolute Gasteiger partial charge is 0.420 e. The maximum Gasteiger partial charge on any atom is 0.420 e. The number of nitrogens with one attached hydrogen (secondary N) is 1. The van der Waals surface area contributed by atoms with Crippen LogP contribution in [-0.4, -0.2) is 20.6 Å². The molecule has 0 spiro atoms. The average molecular weight is 395 g/mol. The van der Waals surface area contributed by atoms with Crippen LogP contribution in [0.3, 0.4) is 0 Å². The van der Waals surface area contributed by atoms with Crippen LogP contribution in [0.25, 0.3) is 11.0 Å². The number of fused-ring (bicyclic) bond motifs is 1. The number of H-pyrrole nitrogens is 1. The summed E-state index contributed by atoms with van der Waals surface area (Å²) in [6, 6.07) is 10.9. The van der Waals surface area contributed by atoms with E-state index in [4.69, 9.17) is 4.74 Å². The summed E-state index contributed by atoms with van der Waals surface area (Å²) < 4.78 is 6.88. The molecule has 2 aromatic heterocycles. The molecule has 1 aromatic carbocycles. The van der Waals surface area contributed by atoms with Crippen LogP contribution in [0.5, 0.6) is 0 Å². The minimum absolute atomic E-state index is 0.166. The van der Waals surface area contributed by atoms with Crippen molar-refractivity contribution in [1.82, 2.24) is 14.5 Å². The Labute approximate surface area is 132 Å². The fourth-order valence-electron chi connectivity index (χ4n) is 1.93. The number of aromatic nitrogens is 3. The van der Waals surface area contributed by atoms with E-state index >= 15 is 0 Å². The van der Waals surface area contributed by atoms with E-state index in [1.165, 1.54) is 10.8 Å². The zero-order valence-electron chi connectivity index (χ0n) is 10.7. The number of carbonyl (C=O) groups excluding carboxylic acids is 1. The van der Waals surface area contributed by atoms with Crippen LogP contribution in [0.1, 0.15) is 5.56 Å². The van der Waals surface area contributed by atoms with E-state index < -0.39 is 6.09 Å². The maximum atomic E-state index is 12.1. The second-order valence-electron chi connectivity index (χ2n) is 4.32. The fourth-order valence-corrected chi connectivity index (χ4v) is 2.41. The van der Waals surface area contributed by atoms with Crippen molar-refractivity contribution in [1.29, 1.82) is 0 Å². The van der Waals surface area contributed by atoms with Crippen LogP contribution in [0, 0.1) is 3.83 Å². The van der Waals surface area contributed by atoms with Gasteiger partial charge in [0, 0.05) is 6.20 Å². The van der Waals surface area contributed by atoms with Gasteiger partial charge < -0.3 is 9.72 Å². The lowest BCUT2D eigenvalue weighted by atomic mass is 10.2. The summed E-state index contributed by atoms with van der Waals surface area (Å²) in [5, 5.41) is 0.354. The molecule has 0 amide bonds. The molecule has 1 N–H and O–H groups in total. The maximum absolute atomic E-state index is 12.1. The molecule has 0 fully saturated rings. The lowest BCUT2D eigenvalue weighted by Crippen LogP contribution is -2.16. The van der Waals surface area contributed by atoms with E-state index in [0.29, 0.717) is 14.9 Å². The van der Waals surface area contributed by atoms with Crippen LogP contribution in [0.4, 0.5) is 4.79 Å². The Kier molecular flexibility index (Phi) is 3.74. The first-order chi connectivity index (χ1) is 10.1. The lowest BCUT2D eigenvalue weighted by molar-refractivity contribution is 0.142. The quantitative estimate of drug-likeness (QED) is 0.535. The van der Waals surface area contributed by atoms with Gasteiger partial charge in [0.2, 0.25) is 0 Å². The van der Waals surface area contributed by atoms with Gasteiger partial charge in [-0.2, -0.15) is 0 Å². The Morgan fingerprint density at radius 1 is 1.29 bits per heavy atom. The van der Waals surface area contributed by atoms with Crippen LogP contribution in [0.2, 0.25) is 0 Å². The van der Waals surface area contributed by atoms with Gasteiger partial charge in [0.05, 0.1) is 5.39 Å². The normalized spacial score (nSPS) is 10.7. The zero-order chi connectivity index (χ0) is 14.8. The minimum atomic E-state index is -0.567. The van der Waals surface area contributed by atoms with Crippen molar-refractivity contribution in [2.75, 3.05) is 0 Å². The van der Waals surface area contributed by atoms with E-state index in [9.17, 15) is 9.59 Å². The van der Waals surface area contributed by atoms with E-state index in [-0.39, 0.29) is 12.2 Å². The summed E-state index contributed by atoms with van der Waals surface area (Å²) in [5.74, 6) is 0. The minimum Gasteiger partial charge on any atom is -0.444 e. The molecule has 21 heavy (non-hydrogen) atoms. The summed E-state index contributed by atoms with van der Waals surface area (Å²) in [4.78, 5) is 30.6. The van der Waals surface area contributed by atoms with Gasteiger partial charge in [-0.25, -0.2) is 14.3 Å². The predicted octanol–water partition coefficient (Wildman–Crippen LogP) is 2.51. The van der Waals surface area contributed by atoms with Gasteiger partial charge in [-0.3, -0.25) is 4.79 Å². The Morgan fingerprint density at radius 2 is 2.05 bits per heavy atom. The van der Waals surface area contributed by atoms with E-state index in [1.807, 2.05) is 52.9 Å². The second kappa shape index (κ2) is 5.68. The number of ether oxygens (including phenoxy) is 1. The van der Waals surface area contributed by atoms with Gasteiger partial charge in [0.15, 0.2) is 9.48 Å². The summed E-state index contributed by atoms with van der Waals surface area (Å²) >= 11 is 1.89. The summed E-state index contributed by atoms with van der Waals surface area (Å²) in [6.07, 6.45) is 0.916. The molecular weight excluding hydrogens is 385 g/mol. The number of hydrogen-bond donors (Lipinski definition) is 1. The molecule has 0 atom stereocenters. The number of nitrogens with zero attached hydrogens (tertiary/aromatic N) is 2. The molecule has 2 heterocycles. The molecule has 3 aromatic rings. The van der Waals surface area contributed by atoms with Crippen molar-refractivity contribution in [2.45, 2.75) is 6.61 Å². The number of rotatable bonds is 2. The number of aromatic amines is 1. The molecule has 3 rings (SSSR count). The van der Waals surface area contributed by atoms with Crippen molar-refractivity contribution in [2.24, 2.45) is 0 Å².